The lowest BCUT2D eigenvalue weighted by Gasteiger charge is -2.41. The number of aliphatic hydroxyl groups is 1. The van der Waals surface area contributed by atoms with Crippen LogP contribution in [0.4, 0.5) is 0 Å². The van der Waals surface area contributed by atoms with Gasteiger partial charge in [-0.1, -0.05) is 19.1 Å². The SMILES string of the molecule is C=C1[C@H]2C[C@H]2[C@]2(C)Cc3occ(C)c3[C@H](O)[C@@H]12. The molecule has 5 atom stereocenters. The molecule has 2 nitrogen and oxygen atoms in total. The Kier molecular flexibility index (Phi) is 1.58. The number of hydrogen-bond donors (Lipinski definition) is 1. The number of aliphatic hydroxyl groups excluding tert-OH is 1. The molecule has 1 aromatic rings. The minimum absolute atomic E-state index is 0.179. The van der Waals surface area contributed by atoms with Crippen LogP contribution in [0.1, 0.15) is 36.3 Å². The smallest absolute Gasteiger partial charge is 0.110 e. The molecule has 2 saturated carbocycles. The van der Waals surface area contributed by atoms with Crippen molar-refractivity contribution in [2.75, 3.05) is 0 Å². The minimum Gasteiger partial charge on any atom is -0.469 e. The van der Waals surface area contributed by atoms with Crippen LogP contribution in [0.15, 0.2) is 22.8 Å². The van der Waals surface area contributed by atoms with E-state index in [-0.39, 0.29) is 11.3 Å². The van der Waals surface area contributed by atoms with Crippen LogP contribution >= 0.6 is 0 Å². The number of rotatable bonds is 0. The van der Waals surface area contributed by atoms with Gasteiger partial charge in [-0.15, -0.1) is 0 Å². The largest absolute Gasteiger partial charge is 0.469 e. The maximum atomic E-state index is 10.7. The maximum absolute atomic E-state index is 10.7. The van der Waals surface area contributed by atoms with Crippen molar-refractivity contribution in [1.29, 1.82) is 0 Å². The average molecular weight is 230 g/mol. The van der Waals surface area contributed by atoms with Gasteiger partial charge in [0.1, 0.15) is 5.76 Å². The van der Waals surface area contributed by atoms with E-state index in [4.69, 9.17) is 4.42 Å². The Bertz CT molecular complexity index is 527. The first kappa shape index (κ1) is 9.95. The lowest BCUT2D eigenvalue weighted by molar-refractivity contribution is 0.0272. The van der Waals surface area contributed by atoms with Crippen molar-refractivity contribution in [2.24, 2.45) is 23.2 Å². The second kappa shape index (κ2) is 2.69. The maximum Gasteiger partial charge on any atom is 0.110 e. The van der Waals surface area contributed by atoms with E-state index in [0.717, 1.165) is 29.2 Å². The molecule has 1 heterocycles. The van der Waals surface area contributed by atoms with Crippen LogP contribution < -0.4 is 0 Å². The third kappa shape index (κ3) is 0.971. The molecule has 90 valence electrons. The molecule has 1 aromatic heterocycles. The quantitative estimate of drug-likeness (QED) is 0.695. The van der Waals surface area contributed by atoms with Gasteiger partial charge in [0, 0.05) is 17.9 Å². The Morgan fingerprint density at radius 1 is 1.53 bits per heavy atom. The van der Waals surface area contributed by atoms with Gasteiger partial charge in [0.05, 0.1) is 12.4 Å². The lowest BCUT2D eigenvalue weighted by atomic mass is 9.64. The summed E-state index contributed by atoms with van der Waals surface area (Å²) in [6, 6.07) is 0. The lowest BCUT2D eigenvalue weighted by Crippen LogP contribution is -2.37. The second-order valence-electron chi connectivity index (χ2n) is 6.38. The highest BCUT2D eigenvalue weighted by molar-refractivity contribution is 5.42. The molecular weight excluding hydrogens is 212 g/mol. The van der Waals surface area contributed by atoms with Crippen molar-refractivity contribution in [3.63, 3.8) is 0 Å². The summed E-state index contributed by atoms with van der Waals surface area (Å²) in [5, 5.41) is 10.7. The fraction of sp³-hybridized carbons (Fsp3) is 0.600. The summed E-state index contributed by atoms with van der Waals surface area (Å²) in [5.41, 5.74) is 3.59. The number of furan rings is 1. The standard InChI is InChI=1S/C15H18O2/c1-7-6-17-11-5-15(3)10-4-9(10)8(2)13(15)14(16)12(7)11/h6,9-10,13-14,16H,2,4-5H2,1,3H3/t9-,10-,13-,14+,15+/m1/s1. The van der Waals surface area contributed by atoms with E-state index in [0.29, 0.717) is 5.92 Å². The molecule has 0 spiro atoms. The van der Waals surface area contributed by atoms with E-state index in [9.17, 15) is 5.11 Å². The summed E-state index contributed by atoms with van der Waals surface area (Å²) in [7, 11) is 0. The van der Waals surface area contributed by atoms with Gasteiger partial charge in [0.25, 0.3) is 0 Å². The van der Waals surface area contributed by atoms with Gasteiger partial charge in [0.15, 0.2) is 0 Å². The number of fused-ring (bicyclic) bond motifs is 4. The molecule has 17 heavy (non-hydrogen) atoms. The highest BCUT2D eigenvalue weighted by Gasteiger charge is 2.66. The molecular formula is C15H18O2. The van der Waals surface area contributed by atoms with E-state index >= 15 is 0 Å². The van der Waals surface area contributed by atoms with Crippen molar-refractivity contribution in [3.05, 3.63) is 35.3 Å². The Morgan fingerprint density at radius 3 is 3.06 bits per heavy atom. The van der Waals surface area contributed by atoms with Crippen LogP contribution in [-0.2, 0) is 6.42 Å². The normalized spacial score (nSPS) is 46.4. The van der Waals surface area contributed by atoms with Gasteiger partial charge in [-0.25, -0.2) is 0 Å². The Morgan fingerprint density at radius 2 is 2.29 bits per heavy atom. The summed E-state index contributed by atoms with van der Waals surface area (Å²) in [5.74, 6) is 2.65. The van der Waals surface area contributed by atoms with Crippen molar-refractivity contribution < 1.29 is 9.52 Å². The number of aryl methyl sites for hydroxylation is 1. The van der Waals surface area contributed by atoms with Gasteiger partial charge in [-0.3, -0.25) is 0 Å². The summed E-state index contributed by atoms with van der Waals surface area (Å²) < 4.78 is 5.64. The summed E-state index contributed by atoms with van der Waals surface area (Å²) in [4.78, 5) is 0. The fourth-order valence-corrected chi connectivity index (χ4v) is 4.58. The molecule has 0 aromatic carbocycles. The van der Waals surface area contributed by atoms with Crippen LogP contribution in [0.3, 0.4) is 0 Å². The minimum atomic E-state index is -0.400. The van der Waals surface area contributed by atoms with E-state index in [2.05, 4.69) is 13.5 Å². The molecule has 2 fully saturated rings. The zero-order valence-electron chi connectivity index (χ0n) is 10.4. The molecule has 0 amide bonds. The molecule has 0 unspecified atom stereocenters. The zero-order valence-corrected chi connectivity index (χ0v) is 10.4. The summed E-state index contributed by atoms with van der Waals surface area (Å²) >= 11 is 0. The zero-order chi connectivity index (χ0) is 11.9. The topological polar surface area (TPSA) is 33.4 Å². The molecule has 3 aliphatic carbocycles. The molecule has 0 aliphatic heterocycles. The molecule has 0 saturated heterocycles. The van der Waals surface area contributed by atoms with Gasteiger partial charge >= 0.3 is 0 Å². The fourth-order valence-electron chi connectivity index (χ4n) is 4.58. The number of hydrogen-bond acceptors (Lipinski definition) is 2. The molecule has 3 aliphatic rings. The van der Waals surface area contributed by atoms with Crippen LogP contribution in [0.25, 0.3) is 0 Å². The average Bonchev–Trinajstić information content (AvgIpc) is 2.94. The van der Waals surface area contributed by atoms with E-state index < -0.39 is 6.10 Å². The predicted molar refractivity (Wildman–Crippen MR) is 64.4 cm³/mol. The Labute approximate surface area is 101 Å². The third-order valence-electron chi connectivity index (χ3n) is 5.48. The molecule has 0 bridgehead atoms. The monoisotopic (exact) mass is 230 g/mol. The van der Waals surface area contributed by atoms with Gasteiger partial charge < -0.3 is 9.52 Å². The Hall–Kier alpha value is -1.02. The second-order valence-corrected chi connectivity index (χ2v) is 6.38. The van der Waals surface area contributed by atoms with Crippen LogP contribution in [0, 0.1) is 30.1 Å². The Balaban J connectivity index is 1.90. The molecule has 1 N–H and O–H groups in total. The van der Waals surface area contributed by atoms with Crippen molar-refractivity contribution in [2.45, 2.75) is 32.8 Å². The third-order valence-corrected chi connectivity index (χ3v) is 5.48. The van der Waals surface area contributed by atoms with Gasteiger partial charge in [-0.05, 0) is 36.2 Å². The first-order valence-electron chi connectivity index (χ1n) is 6.47. The molecule has 4 rings (SSSR count). The molecule has 2 heteroatoms. The van der Waals surface area contributed by atoms with Crippen molar-refractivity contribution >= 4 is 0 Å². The van der Waals surface area contributed by atoms with Crippen LogP contribution in [-0.4, -0.2) is 5.11 Å². The summed E-state index contributed by atoms with van der Waals surface area (Å²) in [6.45, 7) is 8.58. The highest BCUT2D eigenvalue weighted by atomic mass is 16.3. The van der Waals surface area contributed by atoms with Gasteiger partial charge in [-0.2, -0.15) is 0 Å². The first-order chi connectivity index (χ1) is 8.04. The van der Waals surface area contributed by atoms with Crippen LogP contribution in [0.5, 0.6) is 0 Å². The van der Waals surface area contributed by atoms with E-state index in [1.807, 2.05) is 6.92 Å². The van der Waals surface area contributed by atoms with E-state index in [1.54, 1.807) is 6.26 Å². The predicted octanol–water partition coefficient (Wildman–Crippen LogP) is 3.01. The van der Waals surface area contributed by atoms with E-state index in [1.165, 1.54) is 12.0 Å². The van der Waals surface area contributed by atoms with Crippen LogP contribution in [0.2, 0.25) is 0 Å². The van der Waals surface area contributed by atoms with Crippen molar-refractivity contribution in [3.8, 4) is 0 Å². The van der Waals surface area contributed by atoms with Gasteiger partial charge in [0.2, 0.25) is 0 Å². The first-order valence-corrected chi connectivity index (χ1v) is 6.47. The summed E-state index contributed by atoms with van der Waals surface area (Å²) in [6.07, 6.45) is 3.62. The van der Waals surface area contributed by atoms with Crippen molar-refractivity contribution in [1.82, 2.24) is 0 Å². The highest BCUT2D eigenvalue weighted by Crippen LogP contribution is 2.72. The molecule has 0 radical (unpaired) electrons.